The third-order valence-corrected chi connectivity index (χ3v) is 4.44. The van der Waals surface area contributed by atoms with Crippen LogP contribution in [0.1, 0.15) is 82.8 Å². The van der Waals surface area contributed by atoms with E-state index in [-0.39, 0.29) is 12.2 Å². The predicted octanol–water partition coefficient (Wildman–Crippen LogP) is 5.31. The van der Waals surface area contributed by atoms with E-state index in [4.69, 9.17) is 19.8 Å². The fraction of sp³-hybridized carbons (Fsp3) is 0.478. The molecular weight excluding hydrogens is 334 g/mol. The predicted molar refractivity (Wildman–Crippen MR) is 109 cm³/mol. The summed E-state index contributed by atoms with van der Waals surface area (Å²) in [7, 11) is 0. The number of aromatic nitrogens is 3. The molecule has 1 aromatic heterocycles. The van der Waals surface area contributed by atoms with E-state index in [1.807, 2.05) is 30.4 Å². The van der Waals surface area contributed by atoms with Crippen molar-refractivity contribution in [2.75, 3.05) is 6.61 Å². The summed E-state index contributed by atoms with van der Waals surface area (Å²) in [4.78, 5) is 0. The highest BCUT2D eigenvalue weighted by atomic mass is 16.5. The van der Waals surface area contributed by atoms with Gasteiger partial charge in [-0.05, 0) is 55.3 Å². The van der Waals surface area contributed by atoms with Gasteiger partial charge >= 0.3 is 0 Å². The zero-order chi connectivity index (χ0) is 28.4. The molecule has 142 valence electrons. The molecule has 0 amide bonds. The first-order valence-electron chi connectivity index (χ1n) is 14.4. The van der Waals surface area contributed by atoms with Gasteiger partial charge in [0.1, 0.15) is 17.9 Å². The smallest absolute Gasteiger partial charge is 0.133 e. The first kappa shape index (κ1) is 9.22. The lowest BCUT2D eigenvalue weighted by atomic mass is 9.94. The van der Waals surface area contributed by atoms with Gasteiger partial charge in [0, 0.05) is 26.1 Å². The van der Waals surface area contributed by atoms with E-state index in [2.05, 4.69) is 16.8 Å². The fourth-order valence-electron chi connectivity index (χ4n) is 3.05. The van der Waals surface area contributed by atoms with Crippen molar-refractivity contribution in [2.24, 2.45) is 0 Å². The molecular formula is C23H29N3O. The van der Waals surface area contributed by atoms with Crippen LogP contribution in [0.3, 0.4) is 0 Å². The highest BCUT2D eigenvalue weighted by Gasteiger charge is 2.18. The van der Waals surface area contributed by atoms with Gasteiger partial charge in [0.25, 0.3) is 0 Å². The van der Waals surface area contributed by atoms with E-state index >= 15 is 0 Å². The first-order valence-corrected chi connectivity index (χ1v) is 8.94. The Labute approximate surface area is 177 Å². The van der Waals surface area contributed by atoms with Crippen LogP contribution in [0.5, 0.6) is 5.75 Å². The third-order valence-electron chi connectivity index (χ3n) is 4.44. The summed E-state index contributed by atoms with van der Waals surface area (Å²) < 4.78 is 97.6. The molecule has 0 saturated heterocycles. The van der Waals surface area contributed by atoms with Crippen LogP contribution in [0.25, 0.3) is 6.08 Å². The quantitative estimate of drug-likeness (QED) is 0.617. The molecule has 4 nitrogen and oxygen atoms in total. The summed E-state index contributed by atoms with van der Waals surface area (Å²) in [5, 5.41) is 7.55. The van der Waals surface area contributed by atoms with Gasteiger partial charge in [-0.2, -0.15) is 0 Å². The number of hydrogen-bond donors (Lipinski definition) is 0. The molecule has 4 rings (SSSR count). The number of benzene rings is 1. The van der Waals surface area contributed by atoms with Crippen molar-refractivity contribution in [3.63, 3.8) is 0 Å². The Kier molecular flexibility index (Phi) is 2.92. The lowest BCUT2D eigenvalue weighted by Crippen LogP contribution is -2.15. The molecule has 1 aromatic carbocycles. The SMILES string of the molecule is [2H]C1([2H])C([2H])([2H])C([2H])([2H])C([2H])(n2cnnc2CCCCOc2ccc3c(c2)C=CC(=C)C3)C([2H])([2H])C1([2H])[2H]. The van der Waals surface area contributed by atoms with Gasteiger partial charge in [0.2, 0.25) is 0 Å². The Morgan fingerprint density at radius 1 is 1.22 bits per heavy atom. The molecule has 0 bridgehead atoms. The number of allylic oxidation sites excluding steroid dienone is 2. The highest BCUT2D eigenvalue weighted by molar-refractivity contribution is 5.63. The summed E-state index contributed by atoms with van der Waals surface area (Å²) >= 11 is 0. The molecule has 0 radical (unpaired) electrons. The van der Waals surface area contributed by atoms with Crippen LogP contribution < -0.4 is 4.74 Å². The van der Waals surface area contributed by atoms with Crippen LogP contribution in [-0.2, 0) is 12.8 Å². The minimum atomic E-state index is -3.58. The molecule has 2 aliphatic carbocycles. The molecule has 1 fully saturated rings. The van der Waals surface area contributed by atoms with E-state index in [0.29, 0.717) is 29.8 Å². The number of hydrogen-bond acceptors (Lipinski definition) is 3. The summed E-state index contributed by atoms with van der Waals surface area (Å²) in [6.45, 7) is 4.30. The molecule has 0 N–H and O–H groups in total. The van der Waals surface area contributed by atoms with Crippen LogP contribution in [0.4, 0.5) is 0 Å². The molecule has 1 heterocycles. The highest BCUT2D eigenvalue weighted by Crippen LogP contribution is 2.29. The van der Waals surface area contributed by atoms with E-state index in [1.54, 1.807) is 0 Å². The largest absolute Gasteiger partial charge is 0.494 e. The Balaban J connectivity index is 1.50. The van der Waals surface area contributed by atoms with Crippen LogP contribution in [0.2, 0.25) is 0 Å². The average Bonchev–Trinajstić information content (AvgIpc) is 3.30. The molecule has 0 unspecified atom stereocenters. The van der Waals surface area contributed by atoms with Gasteiger partial charge < -0.3 is 9.30 Å². The summed E-state index contributed by atoms with van der Waals surface area (Å²) in [5.74, 6) is 0.650. The number of ether oxygens (including phenoxy) is 1. The van der Waals surface area contributed by atoms with Crippen LogP contribution in [-0.4, -0.2) is 21.4 Å². The lowest BCUT2D eigenvalue weighted by Gasteiger charge is -2.23. The lowest BCUT2D eigenvalue weighted by molar-refractivity contribution is 0.304. The standard InChI is InChI=1S/C23H29N3O/c1-18-10-11-20-16-22(13-12-19(20)15-18)27-14-6-5-9-23-25-24-17-26(23)21-7-3-2-4-8-21/h10-13,16-17,21H,1-9,14-15H2/i2D2,3D2,4D2,7D2,8D2,21D. The topological polar surface area (TPSA) is 39.9 Å². The minimum Gasteiger partial charge on any atom is -0.494 e. The van der Waals surface area contributed by atoms with Crippen molar-refractivity contribution in [2.45, 2.75) is 63.6 Å². The van der Waals surface area contributed by atoms with Crippen molar-refractivity contribution in [1.29, 1.82) is 0 Å². The Hall–Kier alpha value is -2.36. The summed E-state index contributed by atoms with van der Waals surface area (Å²) in [6.07, 6.45) is -11.1. The number of rotatable bonds is 7. The molecule has 2 aromatic rings. The maximum Gasteiger partial charge on any atom is 0.133 e. The Morgan fingerprint density at radius 2 is 2.11 bits per heavy atom. The van der Waals surface area contributed by atoms with Gasteiger partial charge in [-0.3, -0.25) is 0 Å². The van der Waals surface area contributed by atoms with Gasteiger partial charge in [0.15, 0.2) is 0 Å². The molecule has 27 heavy (non-hydrogen) atoms. The molecule has 2 aliphatic rings. The van der Waals surface area contributed by atoms with E-state index in [9.17, 15) is 0 Å². The third kappa shape index (κ3) is 4.49. The second-order valence-corrected chi connectivity index (χ2v) is 6.43. The first-order chi connectivity index (χ1) is 17.4. The maximum absolute atomic E-state index is 8.88. The number of unbranched alkanes of at least 4 members (excludes halogenated alkanes) is 1. The van der Waals surface area contributed by atoms with Crippen LogP contribution in [0.15, 0.2) is 42.8 Å². The minimum absolute atomic E-state index is 0.0408. The van der Waals surface area contributed by atoms with E-state index in [1.165, 1.54) is 0 Å². The van der Waals surface area contributed by atoms with Gasteiger partial charge in [-0.15, -0.1) is 10.2 Å². The van der Waals surface area contributed by atoms with Crippen molar-refractivity contribution in [3.05, 3.63) is 59.7 Å². The fourth-order valence-corrected chi connectivity index (χ4v) is 3.05. The number of nitrogens with zero attached hydrogens (tertiary/aromatic N) is 3. The van der Waals surface area contributed by atoms with Gasteiger partial charge in [0.05, 0.1) is 7.98 Å². The second-order valence-electron chi connectivity index (χ2n) is 6.43. The van der Waals surface area contributed by atoms with Crippen LogP contribution >= 0.6 is 0 Å². The molecule has 0 atom stereocenters. The Morgan fingerprint density at radius 3 is 3.00 bits per heavy atom. The zero-order valence-electron chi connectivity index (χ0n) is 26.0. The monoisotopic (exact) mass is 374 g/mol. The summed E-state index contributed by atoms with van der Waals surface area (Å²) in [5.41, 5.74) is 3.26. The van der Waals surface area contributed by atoms with E-state index < -0.39 is 37.9 Å². The molecule has 0 aliphatic heterocycles. The second kappa shape index (κ2) is 8.55. The van der Waals surface area contributed by atoms with Crippen LogP contribution in [0, 0.1) is 0 Å². The number of fused-ring (bicyclic) bond motifs is 1. The summed E-state index contributed by atoms with van der Waals surface area (Å²) in [6, 6.07) is 2.54. The van der Waals surface area contributed by atoms with Gasteiger partial charge in [-0.25, -0.2) is 0 Å². The number of aryl methyl sites for hydroxylation is 1. The van der Waals surface area contributed by atoms with Gasteiger partial charge in [-0.1, -0.05) is 49.5 Å². The van der Waals surface area contributed by atoms with E-state index in [0.717, 1.165) is 29.4 Å². The average molecular weight is 375 g/mol. The molecule has 1 saturated carbocycles. The zero-order valence-corrected chi connectivity index (χ0v) is 15.0. The molecule has 4 heteroatoms. The van der Waals surface area contributed by atoms with Crippen molar-refractivity contribution >= 4 is 6.08 Å². The Bertz CT molecular complexity index is 1240. The molecule has 0 spiro atoms. The normalized spacial score (nSPS) is 33.6. The van der Waals surface area contributed by atoms with Crippen molar-refractivity contribution in [1.82, 2.24) is 14.8 Å². The van der Waals surface area contributed by atoms with Crippen molar-refractivity contribution in [3.8, 4) is 5.75 Å². The maximum atomic E-state index is 8.88. The van der Waals surface area contributed by atoms with Crippen molar-refractivity contribution < 1.29 is 19.8 Å².